The highest BCUT2D eigenvalue weighted by molar-refractivity contribution is 8.00. The molecule has 2 saturated heterocycles. The molecule has 2 nitrogen and oxygen atoms in total. The summed E-state index contributed by atoms with van der Waals surface area (Å²) in [6.07, 6.45) is 2.30. The lowest BCUT2D eigenvalue weighted by Crippen LogP contribution is -2.41. The van der Waals surface area contributed by atoms with Gasteiger partial charge in [-0.1, -0.05) is 6.92 Å². The number of hydrogen-bond donors (Lipinski definition) is 0. The van der Waals surface area contributed by atoms with Gasteiger partial charge in [0.15, 0.2) is 0 Å². The van der Waals surface area contributed by atoms with Crippen molar-refractivity contribution in [1.29, 1.82) is 5.26 Å². The zero-order valence-corrected chi connectivity index (χ0v) is 8.18. The largest absolute Gasteiger partial charge is 0.283 e. The fourth-order valence-corrected chi connectivity index (χ4v) is 3.67. The van der Waals surface area contributed by atoms with Gasteiger partial charge in [0.2, 0.25) is 0 Å². The second kappa shape index (κ2) is 3.27. The second-order valence-corrected chi connectivity index (χ2v) is 4.93. The summed E-state index contributed by atoms with van der Waals surface area (Å²) in [5.41, 5.74) is 0. The van der Waals surface area contributed by atoms with E-state index in [1.54, 1.807) is 0 Å². The average Bonchev–Trinajstić information content (AvgIpc) is 2.67. The smallest absolute Gasteiger partial charge is 0.0978 e. The highest BCUT2D eigenvalue weighted by Gasteiger charge is 2.41. The highest BCUT2D eigenvalue weighted by Crippen LogP contribution is 2.38. The Morgan fingerprint density at radius 1 is 1.75 bits per heavy atom. The number of hydrogen-bond acceptors (Lipinski definition) is 3. The van der Waals surface area contributed by atoms with Crippen LogP contribution in [0.3, 0.4) is 0 Å². The first kappa shape index (κ1) is 8.40. The van der Waals surface area contributed by atoms with Gasteiger partial charge in [-0.2, -0.15) is 17.0 Å². The first-order chi connectivity index (χ1) is 5.85. The van der Waals surface area contributed by atoms with Crippen molar-refractivity contribution < 1.29 is 0 Å². The van der Waals surface area contributed by atoms with Gasteiger partial charge < -0.3 is 0 Å². The summed E-state index contributed by atoms with van der Waals surface area (Å²) in [7, 11) is 0. The number of nitrogens with zero attached hydrogens (tertiary/aromatic N) is 2. The standard InChI is InChI=1S/C9H14N2S/c1-2-7(4-10)11-5-9-3-8(11)6-12-9/h7-9H,2-3,5-6H2,1H3. The Bertz CT molecular complexity index is 211. The predicted molar refractivity (Wildman–Crippen MR) is 51.0 cm³/mol. The number of nitriles is 1. The fraction of sp³-hybridized carbons (Fsp3) is 0.889. The van der Waals surface area contributed by atoms with Gasteiger partial charge in [-0.15, -0.1) is 0 Å². The molecule has 0 aromatic rings. The molecule has 0 aliphatic carbocycles. The Kier molecular flexibility index (Phi) is 2.29. The van der Waals surface area contributed by atoms with Crippen molar-refractivity contribution in [3.63, 3.8) is 0 Å². The Labute approximate surface area is 77.9 Å². The lowest BCUT2D eigenvalue weighted by atomic mass is 10.2. The molecule has 3 heteroatoms. The van der Waals surface area contributed by atoms with Crippen molar-refractivity contribution in [2.24, 2.45) is 0 Å². The number of fused-ring (bicyclic) bond motifs is 2. The molecule has 3 atom stereocenters. The van der Waals surface area contributed by atoms with E-state index in [1.165, 1.54) is 12.2 Å². The number of likely N-dealkylation sites (tertiary alicyclic amines) is 1. The Balaban J connectivity index is 2.02. The minimum atomic E-state index is 0.181. The molecule has 0 amide bonds. The summed E-state index contributed by atoms with van der Waals surface area (Å²) >= 11 is 2.08. The van der Waals surface area contributed by atoms with Gasteiger partial charge in [0.1, 0.15) is 0 Å². The van der Waals surface area contributed by atoms with Gasteiger partial charge in [-0.3, -0.25) is 4.90 Å². The minimum Gasteiger partial charge on any atom is -0.283 e. The summed E-state index contributed by atoms with van der Waals surface area (Å²) in [5, 5.41) is 9.75. The van der Waals surface area contributed by atoms with Crippen molar-refractivity contribution in [3.05, 3.63) is 0 Å². The molecule has 0 N–H and O–H groups in total. The number of rotatable bonds is 2. The third kappa shape index (κ3) is 1.23. The van der Waals surface area contributed by atoms with Crippen LogP contribution in [0.4, 0.5) is 0 Å². The molecular formula is C9H14N2S. The summed E-state index contributed by atoms with van der Waals surface area (Å²) in [6.45, 7) is 3.26. The van der Waals surface area contributed by atoms with Crippen molar-refractivity contribution >= 4 is 11.8 Å². The van der Waals surface area contributed by atoms with E-state index in [1.807, 2.05) is 0 Å². The summed E-state index contributed by atoms with van der Waals surface area (Å²) in [4.78, 5) is 2.40. The Morgan fingerprint density at radius 3 is 3.00 bits per heavy atom. The van der Waals surface area contributed by atoms with Gasteiger partial charge in [-0.05, 0) is 12.8 Å². The maximum Gasteiger partial charge on any atom is 0.0978 e. The maximum atomic E-state index is 8.92. The van der Waals surface area contributed by atoms with Crippen molar-refractivity contribution in [2.75, 3.05) is 12.3 Å². The normalized spacial score (nSPS) is 36.7. The zero-order valence-electron chi connectivity index (χ0n) is 7.36. The number of thioether (sulfide) groups is 1. The lowest BCUT2D eigenvalue weighted by molar-refractivity contribution is 0.224. The van der Waals surface area contributed by atoms with E-state index in [2.05, 4.69) is 29.7 Å². The van der Waals surface area contributed by atoms with Crippen LogP contribution in [-0.4, -0.2) is 34.5 Å². The summed E-state index contributed by atoms with van der Waals surface area (Å²) < 4.78 is 0. The summed E-state index contributed by atoms with van der Waals surface area (Å²) in [5.74, 6) is 1.25. The highest BCUT2D eigenvalue weighted by atomic mass is 32.2. The van der Waals surface area contributed by atoms with Gasteiger partial charge in [-0.25, -0.2) is 0 Å². The summed E-state index contributed by atoms with van der Waals surface area (Å²) in [6, 6.07) is 3.29. The molecule has 0 aromatic heterocycles. The SMILES string of the molecule is CCC(C#N)N1CC2CC1CS2. The van der Waals surface area contributed by atoms with Crippen LogP contribution in [0.25, 0.3) is 0 Å². The van der Waals surface area contributed by atoms with Crippen molar-refractivity contribution in [2.45, 2.75) is 37.1 Å². The van der Waals surface area contributed by atoms with Crippen LogP contribution in [0.5, 0.6) is 0 Å². The van der Waals surface area contributed by atoms with Crippen LogP contribution in [-0.2, 0) is 0 Å². The third-order valence-electron chi connectivity index (χ3n) is 2.88. The van der Waals surface area contributed by atoms with Gasteiger partial charge in [0.05, 0.1) is 12.1 Å². The predicted octanol–water partition coefficient (Wildman–Crippen LogP) is 1.48. The molecule has 66 valence electrons. The quantitative estimate of drug-likeness (QED) is 0.647. The first-order valence-electron chi connectivity index (χ1n) is 4.62. The van der Waals surface area contributed by atoms with Crippen LogP contribution < -0.4 is 0 Å². The van der Waals surface area contributed by atoms with Gasteiger partial charge in [0, 0.05) is 23.6 Å². The van der Waals surface area contributed by atoms with Crippen LogP contribution >= 0.6 is 11.8 Å². The molecule has 0 spiro atoms. The molecule has 3 unspecified atom stereocenters. The van der Waals surface area contributed by atoms with E-state index in [0.717, 1.165) is 18.2 Å². The van der Waals surface area contributed by atoms with Crippen LogP contribution in [0.2, 0.25) is 0 Å². The molecule has 2 bridgehead atoms. The van der Waals surface area contributed by atoms with E-state index in [-0.39, 0.29) is 6.04 Å². The van der Waals surface area contributed by atoms with E-state index < -0.39 is 0 Å². The van der Waals surface area contributed by atoms with E-state index >= 15 is 0 Å². The van der Waals surface area contributed by atoms with E-state index in [4.69, 9.17) is 5.26 Å². The Hall–Kier alpha value is -0.200. The molecule has 0 radical (unpaired) electrons. The molecule has 0 aromatic carbocycles. The van der Waals surface area contributed by atoms with Crippen LogP contribution in [0.1, 0.15) is 19.8 Å². The monoisotopic (exact) mass is 182 g/mol. The van der Waals surface area contributed by atoms with Crippen molar-refractivity contribution in [3.8, 4) is 6.07 Å². The zero-order chi connectivity index (χ0) is 8.55. The lowest BCUT2D eigenvalue weighted by Gasteiger charge is -2.29. The van der Waals surface area contributed by atoms with E-state index in [9.17, 15) is 0 Å². The first-order valence-corrected chi connectivity index (χ1v) is 5.67. The third-order valence-corrected chi connectivity index (χ3v) is 4.27. The Morgan fingerprint density at radius 2 is 2.58 bits per heavy atom. The molecule has 2 aliphatic rings. The minimum absolute atomic E-state index is 0.181. The van der Waals surface area contributed by atoms with E-state index in [0.29, 0.717) is 6.04 Å². The van der Waals surface area contributed by atoms with Gasteiger partial charge in [0.25, 0.3) is 0 Å². The van der Waals surface area contributed by atoms with Gasteiger partial charge >= 0.3 is 0 Å². The van der Waals surface area contributed by atoms with Crippen LogP contribution in [0, 0.1) is 11.3 Å². The fourth-order valence-electron chi connectivity index (χ4n) is 2.21. The van der Waals surface area contributed by atoms with Crippen LogP contribution in [0.15, 0.2) is 0 Å². The molecular weight excluding hydrogens is 168 g/mol. The molecule has 12 heavy (non-hydrogen) atoms. The molecule has 2 rings (SSSR count). The maximum absolute atomic E-state index is 8.92. The molecule has 0 saturated carbocycles. The molecule has 2 aliphatic heterocycles. The topological polar surface area (TPSA) is 27.0 Å². The van der Waals surface area contributed by atoms with Crippen molar-refractivity contribution in [1.82, 2.24) is 4.90 Å². The molecule has 2 heterocycles. The second-order valence-electron chi connectivity index (χ2n) is 3.59. The molecule has 2 fully saturated rings. The average molecular weight is 182 g/mol.